The number of fused-ring (bicyclic) bond motifs is 1. The molecule has 3 heterocycles. The van der Waals surface area contributed by atoms with Crippen LogP contribution in [-0.4, -0.2) is 40.5 Å². The molecule has 0 radical (unpaired) electrons. The molecule has 0 saturated carbocycles. The van der Waals surface area contributed by atoms with E-state index >= 15 is 0 Å². The van der Waals surface area contributed by atoms with Crippen molar-refractivity contribution in [3.8, 4) is 0 Å². The number of para-hydroxylation sites is 1. The molecule has 1 aliphatic heterocycles. The van der Waals surface area contributed by atoms with Crippen LogP contribution in [0.15, 0.2) is 79.0 Å². The summed E-state index contributed by atoms with van der Waals surface area (Å²) in [7, 11) is 0. The summed E-state index contributed by atoms with van der Waals surface area (Å²) in [6.07, 6.45) is 2.91. The van der Waals surface area contributed by atoms with Crippen molar-refractivity contribution < 1.29 is 9.53 Å². The van der Waals surface area contributed by atoms with Gasteiger partial charge in [-0.1, -0.05) is 54.6 Å². The predicted octanol–water partition coefficient (Wildman–Crippen LogP) is 4.30. The molecule has 1 amide bonds. The Bertz CT molecular complexity index is 1190. The molecule has 156 valence electrons. The summed E-state index contributed by atoms with van der Waals surface area (Å²) < 4.78 is 5.99. The number of ether oxygens (including phenoxy) is 1. The zero-order valence-electron chi connectivity index (χ0n) is 17.3. The largest absolute Gasteiger partial charge is 0.368 e. The lowest BCUT2D eigenvalue weighted by molar-refractivity contribution is -0.138. The molecule has 2 aromatic carbocycles. The van der Waals surface area contributed by atoms with Gasteiger partial charge in [-0.3, -0.25) is 9.78 Å². The fourth-order valence-corrected chi connectivity index (χ4v) is 4.19. The molecule has 1 N–H and O–H groups in total. The fraction of sp³-hybridized carbons (Fsp3) is 0.231. The number of rotatable bonds is 5. The van der Waals surface area contributed by atoms with E-state index in [4.69, 9.17) is 9.72 Å². The van der Waals surface area contributed by atoms with E-state index in [1.54, 1.807) is 0 Å². The lowest BCUT2D eigenvalue weighted by Crippen LogP contribution is -2.43. The number of carbonyl (C=O) groups excluding carboxylic acids is 1. The predicted molar refractivity (Wildman–Crippen MR) is 121 cm³/mol. The van der Waals surface area contributed by atoms with Gasteiger partial charge in [0.15, 0.2) is 0 Å². The number of carbonyl (C=O) groups is 1. The molecular formula is C26H25N3O2. The third-order valence-electron chi connectivity index (χ3n) is 5.82. The van der Waals surface area contributed by atoms with Gasteiger partial charge in [0.1, 0.15) is 6.10 Å². The van der Waals surface area contributed by atoms with E-state index in [0.29, 0.717) is 26.1 Å². The molecule has 1 fully saturated rings. The van der Waals surface area contributed by atoms with Crippen molar-refractivity contribution in [3.63, 3.8) is 0 Å². The highest BCUT2D eigenvalue weighted by atomic mass is 16.5. The molecule has 5 rings (SSSR count). The topological polar surface area (TPSA) is 58.2 Å². The first-order valence-electron chi connectivity index (χ1n) is 10.7. The van der Waals surface area contributed by atoms with Crippen LogP contribution in [0.5, 0.6) is 0 Å². The molecule has 4 aromatic rings. The molecule has 0 aliphatic carbocycles. The van der Waals surface area contributed by atoms with Crippen molar-refractivity contribution in [2.45, 2.75) is 18.9 Å². The van der Waals surface area contributed by atoms with Gasteiger partial charge in [-0.2, -0.15) is 0 Å². The average Bonchev–Trinajstić information content (AvgIpc) is 3.23. The van der Waals surface area contributed by atoms with Crippen molar-refractivity contribution in [2.75, 3.05) is 19.7 Å². The minimum Gasteiger partial charge on any atom is -0.368 e. The Kier molecular flexibility index (Phi) is 5.50. The number of aromatic nitrogens is 2. The minimum atomic E-state index is -0.198. The second-order valence-corrected chi connectivity index (χ2v) is 7.95. The van der Waals surface area contributed by atoms with Crippen LogP contribution in [0.25, 0.3) is 10.9 Å². The maximum atomic E-state index is 13.0. The number of benzene rings is 2. The summed E-state index contributed by atoms with van der Waals surface area (Å²) in [4.78, 5) is 23.0. The van der Waals surface area contributed by atoms with Crippen LogP contribution >= 0.6 is 0 Å². The van der Waals surface area contributed by atoms with Gasteiger partial charge in [-0.05, 0) is 29.3 Å². The number of hydrogen-bond acceptors (Lipinski definition) is 3. The van der Waals surface area contributed by atoms with Gasteiger partial charge >= 0.3 is 0 Å². The number of morpholine rings is 1. The van der Waals surface area contributed by atoms with E-state index < -0.39 is 0 Å². The SMILES string of the molecule is O=C(Cc1c[nH]c2ccccc12)N1CCOC(c2cccc(Cc3ccccc3)n2)C1. The van der Waals surface area contributed by atoms with Crippen LogP contribution in [0, 0.1) is 0 Å². The van der Waals surface area contributed by atoms with E-state index in [9.17, 15) is 4.79 Å². The lowest BCUT2D eigenvalue weighted by Gasteiger charge is -2.33. The monoisotopic (exact) mass is 411 g/mol. The van der Waals surface area contributed by atoms with Crippen molar-refractivity contribution in [2.24, 2.45) is 0 Å². The normalized spacial score (nSPS) is 16.5. The number of nitrogens with zero attached hydrogens (tertiary/aromatic N) is 2. The first kappa shape index (κ1) is 19.5. The standard InChI is InChI=1S/C26H25N3O2/c30-26(16-20-17-27-23-11-5-4-10-22(20)23)29-13-14-31-25(18-29)24-12-6-9-21(28-24)15-19-7-2-1-3-8-19/h1-12,17,25,27H,13-16,18H2. The number of aromatic amines is 1. The Morgan fingerprint density at radius 3 is 2.77 bits per heavy atom. The molecule has 2 aromatic heterocycles. The maximum Gasteiger partial charge on any atom is 0.227 e. The van der Waals surface area contributed by atoms with Gasteiger partial charge < -0.3 is 14.6 Å². The molecule has 31 heavy (non-hydrogen) atoms. The van der Waals surface area contributed by atoms with Crippen molar-refractivity contribution in [1.82, 2.24) is 14.9 Å². The number of nitrogens with one attached hydrogen (secondary N) is 1. The lowest BCUT2D eigenvalue weighted by atomic mass is 10.1. The highest BCUT2D eigenvalue weighted by Gasteiger charge is 2.27. The maximum absolute atomic E-state index is 13.0. The molecule has 5 heteroatoms. The number of pyridine rings is 1. The molecule has 0 spiro atoms. The van der Waals surface area contributed by atoms with Gasteiger partial charge in [0.2, 0.25) is 5.91 Å². The van der Waals surface area contributed by atoms with Crippen molar-refractivity contribution in [3.05, 3.63) is 102 Å². The van der Waals surface area contributed by atoms with Crippen LogP contribution in [0.2, 0.25) is 0 Å². The van der Waals surface area contributed by atoms with E-state index in [0.717, 1.165) is 34.3 Å². The molecule has 5 nitrogen and oxygen atoms in total. The third-order valence-corrected chi connectivity index (χ3v) is 5.82. The summed E-state index contributed by atoms with van der Waals surface area (Å²) in [5.41, 5.74) is 5.22. The second kappa shape index (κ2) is 8.74. The van der Waals surface area contributed by atoms with E-state index in [1.165, 1.54) is 5.56 Å². The Morgan fingerprint density at radius 1 is 1.03 bits per heavy atom. The highest BCUT2D eigenvalue weighted by Crippen LogP contribution is 2.24. The highest BCUT2D eigenvalue weighted by molar-refractivity contribution is 5.88. The summed E-state index contributed by atoms with van der Waals surface area (Å²) in [6, 6.07) is 24.5. The van der Waals surface area contributed by atoms with Crippen molar-refractivity contribution >= 4 is 16.8 Å². The smallest absolute Gasteiger partial charge is 0.227 e. The Balaban J connectivity index is 1.28. The van der Waals surface area contributed by atoms with Crippen LogP contribution in [0.4, 0.5) is 0 Å². The second-order valence-electron chi connectivity index (χ2n) is 7.95. The van der Waals surface area contributed by atoms with Gasteiger partial charge in [-0.15, -0.1) is 0 Å². The van der Waals surface area contributed by atoms with Crippen LogP contribution in [-0.2, 0) is 22.4 Å². The Labute approximate surface area is 181 Å². The minimum absolute atomic E-state index is 0.124. The van der Waals surface area contributed by atoms with Crippen molar-refractivity contribution in [1.29, 1.82) is 0 Å². The summed E-state index contributed by atoms with van der Waals surface area (Å²) >= 11 is 0. The number of amides is 1. The Hall–Kier alpha value is -3.44. The van der Waals surface area contributed by atoms with Gasteiger partial charge in [0.05, 0.1) is 25.3 Å². The van der Waals surface area contributed by atoms with Gasteiger partial charge in [0.25, 0.3) is 0 Å². The zero-order valence-corrected chi connectivity index (χ0v) is 17.3. The molecule has 1 atom stereocenters. The van der Waals surface area contributed by atoms with Gasteiger partial charge in [-0.25, -0.2) is 0 Å². The molecule has 1 saturated heterocycles. The average molecular weight is 412 g/mol. The Morgan fingerprint density at radius 2 is 1.87 bits per heavy atom. The summed E-state index contributed by atoms with van der Waals surface area (Å²) in [5, 5.41) is 1.11. The first-order chi connectivity index (χ1) is 15.3. The summed E-state index contributed by atoms with van der Waals surface area (Å²) in [6.45, 7) is 1.67. The summed E-state index contributed by atoms with van der Waals surface area (Å²) in [5.74, 6) is 0.124. The van der Waals surface area contributed by atoms with Crippen LogP contribution in [0.3, 0.4) is 0 Å². The third kappa shape index (κ3) is 4.37. The quantitative estimate of drug-likeness (QED) is 0.533. The van der Waals surface area contributed by atoms with Crippen LogP contribution in [0.1, 0.15) is 28.6 Å². The zero-order chi connectivity index (χ0) is 21.0. The van der Waals surface area contributed by atoms with E-state index in [2.05, 4.69) is 23.2 Å². The van der Waals surface area contributed by atoms with E-state index in [-0.39, 0.29) is 12.0 Å². The molecule has 1 unspecified atom stereocenters. The molecule has 0 bridgehead atoms. The van der Waals surface area contributed by atoms with E-state index in [1.807, 2.05) is 65.7 Å². The fourth-order valence-electron chi connectivity index (χ4n) is 4.19. The number of H-pyrrole nitrogens is 1. The number of hydrogen-bond donors (Lipinski definition) is 1. The van der Waals surface area contributed by atoms with Gasteiger partial charge in [0, 0.05) is 35.8 Å². The first-order valence-corrected chi connectivity index (χ1v) is 10.7. The molecule has 1 aliphatic rings. The van der Waals surface area contributed by atoms with Crippen LogP contribution < -0.4 is 0 Å². The molecular weight excluding hydrogens is 386 g/mol.